The Hall–Kier alpha value is -1.77. The number of nitrogens with one attached hydrogen (secondary N) is 1. The number of anilines is 1. The quantitative estimate of drug-likeness (QED) is 0.341. The van der Waals surface area contributed by atoms with E-state index in [2.05, 4.69) is 30.1 Å². The molecule has 4 nitrogen and oxygen atoms in total. The largest absolute Gasteiger partial charge is 0.317 e. The summed E-state index contributed by atoms with van der Waals surface area (Å²) in [5.41, 5.74) is 3.46. The van der Waals surface area contributed by atoms with Crippen molar-refractivity contribution < 1.29 is 4.79 Å². The topological polar surface area (TPSA) is 45.2 Å². The number of thiophene rings is 2. The molecule has 0 atom stereocenters. The van der Waals surface area contributed by atoms with E-state index < -0.39 is 0 Å². The molecule has 3 aromatic heterocycles. The number of rotatable bonds is 5. The summed E-state index contributed by atoms with van der Waals surface area (Å²) in [6.07, 6.45) is 1.31. The average molecular weight is 488 g/mol. The van der Waals surface area contributed by atoms with Gasteiger partial charge in [-0.05, 0) is 50.1 Å². The molecular formula is C23H22ClN3OS3. The highest BCUT2D eigenvalue weighted by Gasteiger charge is 2.28. The highest BCUT2D eigenvalue weighted by molar-refractivity contribution is 7.23. The number of thiazole rings is 1. The monoisotopic (exact) mass is 487 g/mol. The van der Waals surface area contributed by atoms with E-state index in [4.69, 9.17) is 16.6 Å². The molecule has 1 amide bonds. The molecule has 5 rings (SSSR count). The van der Waals surface area contributed by atoms with Gasteiger partial charge in [-0.15, -0.1) is 34.0 Å². The van der Waals surface area contributed by atoms with Crippen LogP contribution in [0.5, 0.6) is 0 Å². The van der Waals surface area contributed by atoms with Crippen LogP contribution in [-0.2, 0) is 24.2 Å². The van der Waals surface area contributed by atoms with E-state index in [1.54, 1.807) is 22.7 Å². The predicted octanol–water partition coefficient (Wildman–Crippen LogP) is 6.69. The first kappa shape index (κ1) is 21.1. The molecule has 0 saturated heterocycles. The minimum Gasteiger partial charge on any atom is -0.317 e. The molecule has 8 heteroatoms. The number of para-hydroxylation sites is 1. The lowest BCUT2D eigenvalue weighted by Crippen LogP contribution is -2.35. The number of hydrogen-bond donors (Lipinski definition) is 1. The van der Waals surface area contributed by atoms with Crippen LogP contribution < -0.4 is 5.32 Å². The van der Waals surface area contributed by atoms with Crippen LogP contribution in [0.2, 0.25) is 4.34 Å². The second-order valence-corrected chi connectivity index (χ2v) is 11.9. The van der Waals surface area contributed by atoms with Crippen molar-refractivity contribution in [1.29, 1.82) is 0 Å². The molecule has 1 N–H and O–H groups in total. The van der Waals surface area contributed by atoms with E-state index in [0.717, 1.165) is 45.5 Å². The molecule has 0 fully saturated rings. The van der Waals surface area contributed by atoms with Crippen LogP contribution in [0.25, 0.3) is 20.8 Å². The van der Waals surface area contributed by atoms with Crippen LogP contribution in [0.3, 0.4) is 0 Å². The standard InChI is InChI=1S/C23H22ClN3OS3/c1-13(2)27-10-9-15-18(12-27)31-23(26-20(28)11-14-7-8-19(24)29-14)21(15)22-25-16-5-3-4-6-17(16)30-22/h3-8,13H,9-12H2,1-2H3,(H,26,28). The Morgan fingerprint density at radius 2 is 2.03 bits per heavy atom. The first-order valence-electron chi connectivity index (χ1n) is 10.3. The summed E-state index contributed by atoms with van der Waals surface area (Å²) in [7, 11) is 0. The van der Waals surface area contributed by atoms with Crippen molar-refractivity contribution in [2.45, 2.75) is 39.3 Å². The van der Waals surface area contributed by atoms with Gasteiger partial charge in [0.25, 0.3) is 0 Å². The van der Waals surface area contributed by atoms with Gasteiger partial charge in [-0.2, -0.15) is 0 Å². The zero-order valence-electron chi connectivity index (χ0n) is 17.3. The molecule has 1 aromatic carbocycles. The lowest BCUT2D eigenvalue weighted by Gasteiger charge is -2.30. The van der Waals surface area contributed by atoms with Gasteiger partial charge < -0.3 is 5.32 Å². The van der Waals surface area contributed by atoms with Crippen LogP contribution >= 0.6 is 45.6 Å². The zero-order valence-corrected chi connectivity index (χ0v) is 20.5. The van der Waals surface area contributed by atoms with Crippen molar-refractivity contribution in [1.82, 2.24) is 9.88 Å². The van der Waals surface area contributed by atoms with Crippen molar-refractivity contribution in [2.24, 2.45) is 0 Å². The van der Waals surface area contributed by atoms with E-state index in [1.165, 1.54) is 26.5 Å². The van der Waals surface area contributed by atoms with Crippen LogP contribution in [-0.4, -0.2) is 28.4 Å². The van der Waals surface area contributed by atoms with Crippen LogP contribution in [0.4, 0.5) is 5.00 Å². The molecule has 0 unspecified atom stereocenters. The number of carbonyl (C=O) groups is 1. The molecule has 4 heterocycles. The lowest BCUT2D eigenvalue weighted by molar-refractivity contribution is -0.115. The average Bonchev–Trinajstić information content (AvgIpc) is 3.42. The highest BCUT2D eigenvalue weighted by atomic mass is 35.5. The van der Waals surface area contributed by atoms with Gasteiger partial charge in [-0.3, -0.25) is 9.69 Å². The van der Waals surface area contributed by atoms with Crippen LogP contribution in [0.15, 0.2) is 36.4 Å². The number of fused-ring (bicyclic) bond motifs is 2. The predicted molar refractivity (Wildman–Crippen MR) is 134 cm³/mol. The van der Waals surface area contributed by atoms with Gasteiger partial charge in [0.1, 0.15) is 10.0 Å². The number of halogens is 1. The Morgan fingerprint density at radius 1 is 1.19 bits per heavy atom. The second kappa shape index (κ2) is 8.64. The third-order valence-corrected chi connectivity index (χ3v) is 8.96. The van der Waals surface area contributed by atoms with E-state index in [-0.39, 0.29) is 5.91 Å². The van der Waals surface area contributed by atoms with E-state index >= 15 is 0 Å². The normalized spacial score (nSPS) is 14.3. The molecule has 1 aliphatic rings. The Balaban J connectivity index is 1.52. The minimum absolute atomic E-state index is 0.0137. The number of benzene rings is 1. The first-order valence-corrected chi connectivity index (χ1v) is 13.1. The summed E-state index contributed by atoms with van der Waals surface area (Å²) in [6.45, 7) is 6.43. The molecule has 0 saturated carbocycles. The Morgan fingerprint density at radius 3 is 2.77 bits per heavy atom. The molecule has 0 spiro atoms. The maximum Gasteiger partial charge on any atom is 0.230 e. The number of carbonyl (C=O) groups excluding carboxylic acids is 1. The van der Waals surface area contributed by atoms with Crippen molar-refractivity contribution in [3.8, 4) is 10.6 Å². The molecule has 0 bridgehead atoms. The summed E-state index contributed by atoms with van der Waals surface area (Å²) < 4.78 is 1.88. The maximum absolute atomic E-state index is 12.9. The zero-order chi connectivity index (χ0) is 21.5. The smallest absolute Gasteiger partial charge is 0.230 e. The molecule has 0 radical (unpaired) electrons. The van der Waals surface area contributed by atoms with Gasteiger partial charge in [0.2, 0.25) is 5.91 Å². The van der Waals surface area contributed by atoms with E-state index in [9.17, 15) is 4.79 Å². The van der Waals surface area contributed by atoms with E-state index in [0.29, 0.717) is 16.8 Å². The van der Waals surface area contributed by atoms with Crippen molar-refractivity contribution in [2.75, 3.05) is 11.9 Å². The molecule has 0 aliphatic carbocycles. The Labute approximate surface area is 198 Å². The van der Waals surface area contributed by atoms with E-state index in [1.807, 2.05) is 30.3 Å². The van der Waals surface area contributed by atoms with Crippen LogP contribution in [0, 0.1) is 0 Å². The number of amides is 1. The molecular weight excluding hydrogens is 466 g/mol. The molecule has 160 valence electrons. The van der Waals surface area contributed by atoms with Gasteiger partial charge in [0, 0.05) is 34.4 Å². The fourth-order valence-corrected chi connectivity index (χ4v) is 7.42. The Bertz CT molecular complexity index is 1220. The molecule has 1 aliphatic heterocycles. The Kier molecular flexibility index (Phi) is 5.88. The SMILES string of the molecule is CC(C)N1CCc2c(sc(NC(=O)Cc3ccc(Cl)s3)c2-c2nc3ccccc3s2)C1. The lowest BCUT2D eigenvalue weighted by atomic mass is 10.0. The third-order valence-electron chi connectivity index (χ3n) is 5.54. The fourth-order valence-electron chi connectivity index (χ4n) is 3.93. The number of aromatic nitrogens is 1. The number of hydrogen-bond acceptors (Lipinski definition) is 6. The van der Waals surface area contributed by atoms with Gasteiger partial charge in [0.15, 0.2) is 0 Å². The van der Waals surface area contributed by atoms with Gasteiger partial charge >= 0.3 is 0 Å². The summed E-state index contributed by atoms with van der Waals surface area (Å²) in [4.78, 5) is 22.6. The second-order valence-electron chi connectivity index (χ2n) is 7.94. The summed E-state index contributed by atoms with van der Waals surface area (Å²) in [5, 5.41) is 5.11. The summed E-state index contributed by atoms with van der Waals surface area (Å²) in [6, 6.07) is 12.5. The fraction of sp³-hybridized carbons (Fsp3) is 0.304. The van der Waals surface area contributed by atoms with Crippen molar-refractivity contribution in [3.05, 3.63) is 56.1 Å². The van der Waals surface area contributed by atoms with Gasteiger partial charge in [-0.25, -0.2) is 4.98 Å². The first-order chi connectivity index (χ1) is 15.0. The summed E-state index contributed by atoms with van der Waals surface area (Å²) in [5.74, 6) is -0.0137. The summed E-state index contributed by atoms with van der Waals surface area (Å²) >= 11 is 10.9. The van der Waals surface area contributed by atoms with Gasteiger partial charge in [-0.1, -0.05) is 23.7 Å². The van der Waals surface area contributed by atoms with Crippen molar-refractivity contribution in [3.63, 3.8) is 0 Å². The third kappa shape index (κ3) is 4.30. The number of nitrogens with zero attached hydrogens (tertiary/aromatic N) is 2. The van der Waals surface area contributed by atoms with Crippen LogP contribution in [0.1, 0.15) is 29.2 Å². The van der Waals surface area contributed by atoms with Gasteiger partial charge in [0.05, 0.1) is 21.0 Å². The molecule has 4 aromatic rings. The molecule has 31 heavy (non-hydrogen) atoms. The maximum atomic E-state index is 12.9. The minimum atomic E-state index is -0.0137. The highest BCUT2D eigenvalue weighted by Crippen LogP contribution is 2.46. The van der Waals surface area contributed by atoms with Crippen molar-refractivity contribution >= 4 is 66.7 Å².